The molecule has 2 aromatic carbocycles. The van der Waals surface area contributed by atoms with Gasteiger partial charge in [0.2, 0.25) is 5.91 Å². The molecule has 4 heteroatoms. The predicted molar refractivity (Wildman–Crippen MR) is 103 cm³/mol. The Bertz CT molecular complexity index is 937. The van der Waals surface area contributed by atoms with Crippen LogP contribution in [0.15, 0.2) is 53.8 Å². The lowest BCUT2D eigenvalue weighted by atomic mass is 10.0. The van der Waals surface area contributed by atoms with Gasteiger partial charge < -0.3 is 4.57 Å². The van der Waals surface area contributed by atoms with Crippen molar-refractivity contribution in [2.45, 2.75) is 33.7 Å². The Hall–Kier alpha value is -2.88. The quantitative estimate of drug-likeness (QED) is 0.557. The van der Waals surface area contributed by atoms with E-state index in [0.29, 0.717) is 6.42 Å². The summed E-state index contributed by atoms with van der Waals surface area (Å²) < 4.78 is 2.17. The number of fused-ring (bicyclic) bond motifs is 1. The smallest absolute Gasteiger partial charge is 0.244 e. The molecule has 0 saturated carbocycles. The normalized spacial score (nSPS) is 11.3. The summed E-state index contributed by atoms with van der Waals surface area (Å²) in [5.41, 5.74) is 8.23. The van der Waals surface area contributed by atoms with Gasteiger partial charge in [0.1, 0.15) is 0 Å². The van der Waals surface area contributed by atoms with Crippen molar-refractivity contribution >= 4 is 23.0 Å². The summed E-state index contributed by atoms with van der Waals surface area (Å²) in [6.07, 6.45) is 4.10. The van der Waals surface area contributed by atoms with Crippen molar-refractivity contribution < 1.29 is 4.79 Å². The van der Waals surface area contributed by atoms with Crippen molar-refractivity contribution in [2.75, 3.05) is 0 Å². The van der Waals surface area contributed by atoms with Gasteiger partial charge in [-0.1, -0.05) is 36.4 Å². The van der Waals surface area contributed by atoms with Crippen molar-refractivity contribution in [3.8, 4) is 0 Å². The van der Waals surface area contributed by atoms with Gasteiger partial charge in [0.15, 0.2) is 0 Å². The maximum atomic E-state index is 12.1. The fraction of sp³-hybridized carbons (Fsp3) is 0.238. The molecule has 0 bridgehead atoms. The van der Waals surface area contributed by atoms with Crippen molar-refractivity contribution in [3.63, 3.8) is 0 Å². The van der Waals surface area contributed by atoms with E-state index in [4.69, 9.17) is 0 Å². The van der Waals surface area contributed by atoms with E-state index in [0.717, 1.165) is 23.1 Å². The molecule has 1 aromatic heterocycles. The van der Waals surface area contributed by atoms with E-state index in [1.807, 2.05) is 30.3 Å². The summed E-state index contributed by atoms with van der Waals surface area (Å²) in [5.74, 6) is -0.112. The summed E-state index contributed by atoms with van der Waals surface area (Å²) in [5, 5.41) is 5.27. The third-order valence-corrected chi connectivity index (χ3v) is 4.49. The minimum absolute atomic E-state index is 0.112. The molecular weight excluding hydrogens is 310 g/mol. The molecule has 1 N–H and O–H groups in total. The molecule has 4 nitrogen and oxygen atoms in total. The van der Waals surface area contributed by atoms with Crippen LogP contribution in [0.3, 0.4) is 0 Å². The maximum absolute atomic E-state index is 12.1. The highest BCUT2D eigenvalue weighted by atomic mass is 16.2. The number of aromatic nitrogens is 1. The molecule has 0 aliphatic heterocycles. The molecule has 0 atom stereocenters. The Balaban J connectivity index is 1.68. The number of benzene rings is 2. The van der Waals surface area contributed by atoms with E-state index in [-0.39, 0.29) is 5.91 Å². The van der Waals surface area contributed by atoms with E-state index in [9.17, 15) is 4.79 Å². The minimum Gasteiger partial charge on any atom is -0.347 e. The molecule has 25 heavy (non-hydrogen) atoms. The van der Waals surface area contributed by atoms with Gasteiger partial charge in [-0.05, 0) is 43.5 Å². The van der Waals surface area contributed by atoms with Gasteiger partial charge in [-0.15, -0.1) is 0 Å². The highest BCUT2D eigenvalue weighted by molar-refractivity contribution is 5.99. The standard InChI is InChI=1S/C21H23N3O/c1-4-24-14-18(19-7-5-6-8-20(19)24)13-22-23-21(25)12-17-10-9-15(2)16(3)11-17/h5-11,13-14H,4,12H2,1-3H3,(H,23,25)/b22-13-. The molecule has 1 amide bonds. The molecular formula is C21H23N3O. The molecule has 0 unspecified atom stereocenters. The molecule has 0 spiro atoms. The molecule has 0 radical (unpaired) electrons. The van der Waals surface area contributed by atoms with Gasteiger partial charge in [-0.2, -0.15) is 5.10 Å². The highest BCUT2D eigenvalue weighted by Crippen LogP contribution is 2.19. The summed E-state index contributed by atoms with van der Waals surface area (Å²) in [6.45, 7) is 7.13. The lowest BCUT2D eigenvalue weighted by molar-refractivity contribution is -0.120. The van der Waals surface area contributed by atoms with Gasteiger partial charge in [0.05, 0.1) is 12.6 Å². The number of hydrogen-bond acceptors (Lipinski definition) is 2. The zero-order chi connectivity index (χ0) is 17.8. The second kappa shape index (κ2) is 7.34. The second-order valence-electron chi connectivity index (χ2n) is 6.28. The topological polar surface area (TPSA) is 46.4 Å². The zero-order valence-electron chi connectivity index (χ0n) is 14.9. The molecule has 3 rings (SSSR count). The first-order valence-corrected chi connectivity index (χ1v) is 8.54. The molecule has 0 fully saturated rings. The molecule has 0 saturated heterocycles. The number of amides is 1. The van der Waals surface area contributed by atoms with E-state index in [2.05, 4.69) is 54.2 Å². The highest BCUT2D eigenvalue weighted by Gasteiger charge is 2.06. The fourth-order valence-corrected chi connectivity index (χ4v) is 2.95. The lowest BCUT2D eigenvalue weighted by Gasteiger charge is -2.04. The van der Waals surface area contributed by atoms with Crippen LogP contribution in [0.1, 0.15) is 29.2 Å². The number of hydrazone groups is 1. The Morgan fingerprint density at radius 1 is 1.16 bits per heavy atom. The van der Waals surface area contributed by atoms with Gasteiger partial charge >= 0.3 is 0 Å². The summed E-state index contributed by atoms with van der Waals surface area (Å²) in [6, 6.07) is 14.3. The van der Waals surface area contributed by atoms with Crippen LogP contribution in [-0.2, 0) is 17.8 Å². The summed E-state index contributed by atoms with van der Waals surface area (Å²) in [4.78, 5) is 12.1. The Kier molecular flexibility index (Phi) is 4.98. The van der Waals surface area contributed by atoms with E-state index in [1.54, 1.807) is 6.21 Å². The third-order valence-electron chi connectivity index (χ3n) is 4.49. The SMILES string of the molecule is CCn1cc(/C=N\NC(=O)Cc2ccc(C)c(C)c2)c2ccccc21. The number of nitrogens with zero attached hydrogens (tertiary/aromatic N) is 2. The Morgan fingerprint density at radius 3 is 2.72 bits per heavy atom. The number of para-hydroxylation sites is 1. The van der Waals surface area contributed by atoms with Crippen LogP contribution in [0.25, 0.3) is 10.9 Å². The van der Waals surface area contributed by atoms with Crippen LogP contribution in [0.5, 0.6) is 0 Å². The molecule has 3 aromatic rings. The largest absolute Gasteiger partial charge is 0.347 e. The van der Waals surface area contributed by atoms with Gasteiger partial charge in [0.25, 0.3) is 0 Å². The first-order valence-electron chi connectivity index (χ1n) is 8.54. The predicted octanol–water partition coefficient (Wildman–Crippen LogP) is 3.97. The van der Waals surface area contributed by atoms with E-state index < -0.39 is 0 Å². The third kappa shape index (κ3) is 3.79. The van der Waals surface area contributed by atoms with Gasteiger partial charge in [0, 0.05) is 29.2 Å². The number of hydrogen-bond donors (Lipinski definition) is 1. The monoisotopic (exact) mass is 333 g/mol. The summed E-state index contributed by atoms with van der Waals surface area (Å²) >= 11 is 0. The summed E-state index contributed by atoms with van der Waals surface area (Å²) in [7, 11) is 0. The number of aryl methyl sites for hydroxylation is 3. The van der Waals surface area contributed by atoms with Gasteiger partial charge in [-0.3, -0.25) is 4.79 Å². The number of carbonyl (C=O) groups is 1. The Morgan fingerprint density at radius 2 is 1.96 bits per heavy atom. The Labute approximate surface area is 148 Å². The van der Waals surface area contributed by atoms with Crippen LogP contribution < -0.4 is 5.43 Å². The van der Waals surface area contributed by atoms with Crippen LogP contribution in [-0.4, -0.2) is 16.7 Å². The minimum atomic E-state index is -0.112. The molecule has 0 aliphatic carbocycles. The lowest BCUT2D eigenvalue weighted by Crippen LogP contribution is -2.19. The van der Waals surface area contributed by atoms with E-state index >= 15 is 0 Å². The van der Waals surface area contributed by atoms with Crippen molar-refractivity contribution in [1.82, 2.24) is 9.99 Å². The first kappa shape index (κ1) is 17.0. The number of rotatable bonds is 5. The first-order chi connectivity index (χ1) is 12.1. The van der Waals surface area contributed by atoms with E-state index in [1.165, 1.54) is 16.6 Å². The van der Waals surface area contributed by atoms with Crippen LogP contribution in [0.2, 0.25) is 0 Å². The molecule has 1 heterocycles. The average Bonchev–Trinajstić information content (AvgIpc) is 2.96. The van der Waals surface area contributed by atoms with Crippen molar-refractivity contribution in [1.29, 1.82) is 0 Å². The van der Waals surface area contributed by atoms with Crippen LogP contribution in [0.4, 0.5) is 0 Å². The average molecular weight is 333 g/mol. The molecule has 0 aliphatic rings. The fourth-order valence-electron chi connectivity index (χ4n) is 2.95. The van der Waals surface area contributed by atoms with Crippen molar-refractivity contribution in [2.24, 2.45) is 5.10 Å². The molecule has 128 valence electrons. The number of nitrogens with one attached hydrogen (secondary N) is 1. The maximum Gasteiger partial charge on any atom is 0.244 e. The zero-order valence-corrected chi connectivity index (χ0v) is 14.9. The van der Waals surface area contributed by atoms with Gasteiger partial charge in [-0.25, -0.2) is 5.43 Å². The number of carbonyl (C=O) groups excluding carboxylic acids is 1. The van der Waals surface area contributed by atoms with Crippen LogP contribution >= 0.6 is 0 Å². The second-order valence-corrected chi connectivity index (χ2v) is 6.28. The van der Waals surface area contributed by atoms with Crippen LogP contribution in [0, 0.1) is 13.8 Å². The van der Waals surface area contributed by atoms with Crippen molar-refractivity contribution in [3.05, 3.63) is 70.9 Å².